The standard InChI is InChI=1S/C19H19Cl2N3S/c20-14-6-3-5-13(17(14)21)18(24-11-4-9-22-10-12-24)19-23-15-7-1-2-8-16(15)25-19/h1-3,5-8,18,22H,4,9-12H2. The molecule has 2 aromatic carbocycles. The summed E-state index contributed by atoms with van der Waals surface area (Å²) in [6.45, 7) is 3.99. The SMILES string of the molecule is Clc1cccc(C(c2nc3ccccc3s2)N2CCCNCC2)c1Cl. The van der Waals surface area contributed by atoms with E-state index in [4.69, 9.17) is 28.2 Å². The van der Waals surface area contributed by atoms with Gasteiger partial charge < -0.3 is 5.32 Å². The van der Waals surface area contributed by atoms with Crippen LogP contribution < -0.4 is 5.32 Å². The molecule has 3 aromatic rings. The van der Waals surface area contributed by atoms with Crippen molar-refractivity contribution < 1.29 is 0 Å². The predicted molar refractivity (Wildman–Crippen MR) is 107 cm³/mol. The minimum atomic E-state index is 0.0310. The lowest BCUT2D eigenvalue weighted by Crippen LogP contribution is -2.33. The number of thiazole rings is 1. The highest BCUT2D eigenvalue weighted by atomic mass is 35.5. The van der Waals surface area contributed by atoms with E-state index >= 15 is 0 Å². The molecule has 1 fully saturated rings. The molecule has 4 rings (SSSR count). The third-order valence-corrected chi connectivity index (χ3v) is 6.48. The minimum Gasteiger partial charge on any atom is -0.315 e. The van der Waals surface area contributed by atoms with Gasteiger partial charge in [0.1, 0.15) is 5.01 Å². The van der Waals surface area contributed by atoms with Crippen molar-refractivity contribution in [2.24, 2.45) is 0 Å². The first-order valence-electron chi connectivity index (χ1n) is 8.48. The van der Waals surface area contributed by atoms with Crippen molar-refractivity contribution in [1.82, 2.24) is 15.2 Å². The van der Waals surface area contributed by atoms with Gasteiger partial charge in [-0.05, 0) is 36.7 Å². The fourth-order valence-electron chi connectivity index (χ4n) is 3.35. The number of nitrogens with one attached hydrogen (secondary N) is 1. The molecule has 1 saturated heterocycles. The zero-order valence-electron chi connectivity index (χ0n) is 13.7. The van der Waals surface area contributed by atoms with Gasteiger partial charge in [0.25, 0.3) is 0 Å². The van der Waals surface area contributed by atoms with Gasteiger partial charge in [-0.2, -0.15) is 0 Å². The monoisotopic (exact) mass is 391 g/mol. The average Bonchev–Trinajstić information content (AvgIpc) is 2.86. The molecule has 2 heterocycles. The third kappa shape index (κ3) is 3.55. The topological polar surface area (TPSA) is 28.2 Å². The highest BCUT2D eigenvalue weighted by Crippen LogP contribution is 2.39. The van der Waals surface area contributed by atoms with Crippen molar-refractivity contribution in [2.75, 3.05) is 26.2 Å². The van der Waals surface area contributed by atoms with Crippen LogP contribution in [0.25, 0.3) is 10.2 Å². The van der Waals surface area contributed by atoms with E-state index < -0.39 is 0 Å². The molecule has 1 aromatic heterocycles. The summed E-state index contributed by atoms with van der Waals surface area (Å²) >= 11 is 14.7. The van der Waals surface area contributed by atoms with Crippen LogP contribution in [0, 0.1) is 0 Å². The van der Waals surface area contributed by atoms with Gasteiger partial charge >= 0.3 is 0 Å². The second kappa shape index (κ2) is 7.60. The molecule has 0 bridgehead atoms. The van der Waals surface area contributed by atoms with Crippen LogP contribution in [0.3, 0.4) is 0 Å². The van der Waals surface area contributed by atoms with Crippen molar-refractivity contribution in [2.45, 2.75) is 12.5 Å². The largest absolute Gasteiger partial charge is 0.315 e. The molecule has 6 heteroatoms. The summed E-state index contributed by atoms with van der Waals surface area (Å²) in [5, 5.41) is 5.77. The average molecular weight is 392 g/mol. The van der Waals surface area contributed by atoms with E-state index in [-0.39, 0.29) is 6.04 Å². The fraction of sp³-hybridized carbons (Fsp3) is 0.316. The molecule has 0 radical (unpaired) electrons. The Morgan fingerprint density at radius 2 is 1.92 bits per heavy atom. The number of hydrogen-bond donors (Lipinski definition) is 1. The maximum absolute atomic E-state index is 6.60. The Morgan fingerprint density at radius 3 is 2.80 bits per heavy atom. The Bertz CT molecular complexity index is 839. The summed E-state index contributed by atoms with van der Waals surface area (Å²) in [5.41, 5.74) is 2.08. The van der Waals surface area contributed by atoms with Crippen molar-refractivity contribution in [3.63, 3.8) is 0 Å². The molecule has 0 amide bonds. The summed E-state index contributed by atoms with van der Waals surface area (Å²) < 4.78 is 1.20. The van der Waals surface area contributed by atoms with Gasteiger partial charge in [-0.1, -0.05) is 47.5 Å². The van der Waals surface area contributed by atoms with Gasteiger partial charge in [0.05, 0.1) is 26.3 Å². The lowest BCUT2D eigenvalue weighted by molar-refractivity contribution is 0.241. The Balaban J connectivity index is 1.83. The molecule has 1 N–H and O–H groups in total. The zero-order chi connectivity index (χ0) is 17.2. The first-order valence-corrected chi connectivity index (χ1v) is 10.1. The van der Waals surface area contributed by atoms with E-state index in [0.29, 0.717) is 10.0 Å². The van der Waals surface area contributed by atoms with Crippen LogP contribution >= 0.6 is 34.5 Å². The highest BCUT2D eigenvalue weighted by Gasteiger charge is 2.28. The molecule has 0 spiro atoms. The molecule has 1 unspecified atom stereocenters. The maximum atomic E-state index is 6.60. The summed E-state index contributed by atoms with van der Waals surface area (Å²) in [6, 6.07) is 14.2. The third-order valence-electron chi connectivity index (χ3n) is 4.56. The van der Waals surface area contributed by atoms with Gasteiger partial charge in [-0.15, -0.1) is 11.3 Å². The van der Waals surface area contributed by atoms with E-state index in [2.05, 4.69) is 34.5 Å². The predicted octanol–water partition coefficient (Wildman–Crippen LogP) is 4.99. The maximum Gasteiger partial charge on any atom is 0.116 e. The highest BCUT2D eigenvalue weighted by molar-refractivity contribution is 7.18. The Kier molecular flexibility index (Phi) is 5.25. The van der Waals surface area contributed by atoms with Crippen molar-refractivity contribution in [3.8, 4) is 0 Å². The second-order valence-electron chi connectivity index (χ2n) is 6.20. The van der Waals surface area contributed by atoms with Gasteiger partial charge in [-0.25, -0.2) is 4.98 Å². The van der Waals surface area contributed by atoms with Gasteiger partial charge in [-0.3, -0.25) is 4.90 Å². The lowest BCUT2D eigenvalue weighted by atomic mass is 10.1. The van der Waals surface area contributed by atoms with E-state index in [0.717, 1.165) is 48.7 Å². The first kappa shape index (κ1) is 17.3. The number of benzene rings is 2. The molecule has 0 aliphatic carbocycles. The van der Waals surface area contributed by atoms with Crippen LogP contribution in [0.2, 0.25) is 10.0 Å². The molecule has 1 atom stereocenters. The molecule has 130 valence electrons. The van der Waals surface area contributed by atoms with Crippen LogP contribution in [0.15, 0.2) is 42.5 Å². The number of rotatable bonds is 3. The lowest BCUT2D eigenvalue weighted by Gasteiger charge is -2.30. The fourth-order valence-corrected chi connectivity index (χ4v) is 4.88. The summed E-state index contributed by atoms with van der Waals surface area (Å²) in [4.78, 5) is 7.39. The first-order chi connectivity index (χ1) is 12.2. The minimum absolute atomic E-state index is 0.0310. The van der Waals surface area contributed by atoms with Crippen LogP contribution in [-0.4, -0.2) is 36.1 Å². The number of fused-ring (bicyclic) bond motifs is 1. The molecule has 3 nitrogen and oxygen atoms in total. The Hall–Kier alpha value is -1.17. The molecular weight excluding hydrogens is 373 g/mol. The second-order valence-corrected chi connectivity index (χ2v) is 8.05. The van der Waals surface area contributed by atoms with Crippen molar-refractivity contribution >= 4 is 44.8 Å². The van der Waals surface area contributed by atoms with E-state index in [1.165, 1.54) is 4.70 Å². The molecule has 25 heavy (non-hydrogen) atoms. The van der Waals surface area contributed by atoms with Crippen molar-refractivity contribution in [3.05, 3.63) is 63.1 Å². The summed E-state index contributed by atoms with van der Waals surface area (Å²) in [7, 11) is 0. The molecule has 0 saturated carbocycles. The van der Waals surface area contributed by atoms with Gasteiger partial charge in [0.15, 0.2) is 0 Å². The molecule has 1 aliphatic rings. The van der Waals surface area contributed by atoms with E-state index in [1.54, 1.807) is 11.3 Å². The number of nitrogens with zero attached hydrogens (tertiary/aromatic N) is 2. The van der Waals surface area contributed by atoms with Crippen LogP contribution in [-0.2, 0) is 0 Å². The van der Waals surface area contributed by atoms with Gasteiger partial charge in [0, 0.05) is 19.6 Å². The summed E-state index contributed by atoms with van der Waals surface area (Å²) in [6.07, 6.45) is 1.11. The number of halogens is 2. The number of hydrogen-bond acceptors (Lipinski definition) is 4. The number of para-hydroxylation sites is 1. The zero-order valence-corrected chi connectivity index (χ0v) is 16.0. The summed E-state index contributed by atoms with van der Waals surface area (Å²) in [5.74, 6) is 0. The van der Waals surface area contributed by atoms with Crippen LogP contribution in [0.1, 0.15) is 23.0 Å². The van der Waals surface area contributed by atoms with E-state index in [1.807, 2.05) is 18.2 Å². The quantitative estimate of drug-likeness (QED) is 0.681. The molecular formula is C19H19Cl2N3S. The Labute approximate surface area is 161 Å². The van der Waals surface area contributed by atoms with Gasteiger partial charge in [0.2, 0.25) is 0 Å². The smallest absolute Gasteiger partial charge is 0.116 e. The van der Waals surface area contributed by atoms with Crippen LogP contribution in [0.4, 0.5) is 0 Å². The molecule has 1 aliphatic heterocycles. The number of aromatic nitrogens is 1. The van der Waals surface area contributed by atoms with Crippen molar-refractivity contribution in [1.29, 1.82) is 0 Å². The Morgan fingerprint density at radius 1 is 1.04 bits per heavy atom. The van der Waals surface area contributed by atoms with E-state index in [9.17, 15) is 0 Å². The van der Waals surface area contributed by atoms with Crippen LogP contribution in [0.5, 0.6) is 0 Å². The normalized spacial score (nSPS) is 17.5.